The highest BCUT2D eigenvalue weighted by Gasteiger charge is 2.19. The largest absolute Gasteiger partial charge is 0.336 e. The summed E-state index contributed by atoms with van der Waals surface area (Å²) in [5, 5.41) is 8.13. The van der Waals surface area contributed by atoms with Crippen LogP contribution in [0.1, 0.15) is 49.2 Å². The summed E-state index contributed by atoms with van der Waals surface area (Å²) in [4.78, 5) is 4.20. The molecule has 108 valence electrons. The van der Waals surface area contributed by atoms with E-state index in [9.17, 15) is 0 Å². The van der Waals surface area contributed by atoms with E-state index >= 15 is 0 Å². The van der Waals surface area contributed by atoms with Crippen LogP contribution in [0.2, 0.25) is 0 Å². The number of hydrogen-bond donors (Lipinski definition) is 1. The molecule has 0 radical (unpaired) electrons. The molecular weight excluding hydrogens is 250 g/mol. The van der Waals surface area contributed by atoms with E-state index in [1.807, 2.05) is 26.6 Å². The molecule has 1 N–H and O–H groups in total. The summed E-state index contributed by atoms with van der Waals surface area (Å²) in [6.07, 6.45) is 12.0. The number of hydrogen-bond acceptors (Lipinski definition) is 3. The minimum absolute atomic E-state index is 0.259. The van der Waals surface area contributed by atoms with Crippen molar-refractivity contribution in [2.24, 2.45) is 7.05 Å². The van der Waals surface area contributed by atoms with E-state index in [0.29, 0.717) is 6.04 Å². The van der Waals surface area contributed by atoms with Crippen LogP contribution in [0.25, 0.3) is 0 Å². The minimum Gasteiger partial charge on any atom is -0.336 e. The average molecular weight is 273 g/mol. The van der Waals surface area contributed by atoms with Crippen molar-refractivity contribution in [3.8, 4) is 0 Å². The number of nitrogens with one attached hydrogen (secondary N) is 1. The van der Waals surface area contributed by atoms with E-state index in [1.54, 1.807) is 0 Å². The molecule has 1 atom stereocenters. The van der Waals surface area contributed by atoms with Gasteiger partial charge in [-0.25, -0.2) is 4.98 Å². The van der Waals surface area contributed by atoms with Gasteiger partial charge in [-0.3, -0.25) is 4.68 Å². The Labute approximate surface area is 120 Å². The summed E-state index contributed by atoms with van der Waals surface area (Å²) in [5.41, 5.74) is 2.35. The standard InChI is InChI=1S/C15H23N5/c1-16-14(15-10-17-11-19(15)2)9-12-7-8-20(18-12)13-5-3-4-6-13/h7-8,10-11,13-14,16H,3-6,9H2,1-2H3. The monoisotopic (exact) mass is 273 g/mol. The van der Waals surface area contributed by atoms with Crippen LogP contribution in [0, 0.1) is 0 Å². The fourth-order valence-corrected chi connectivity index (χ4v) is 3.13. The van der Waals surface area contributed by atoms with Gasteiger partial charge in [-0.05, 0) is 26.0 Å². The third kappa shape index (κ3) is 2.63. The minimum atomic E-state index is 0.259. The molecule has 1 unspecified atom stereocenters. The van der Waals surface area contributed by atoms with Crippen molar-refractivity contribution >= 4 is 0 Å². The van der Waals surface area contributed by atoms with Crippen LogP contribution in [0.4, 0.5) is 0 Å². The van der Waals surface area contributed by atoms with Gasteiger partial charge >= 0.3 is 0 Å². The van der Waals surface area contributed by atoms with Crippen LogP contribution in [0.5, 0.6) is 0 Å². The highest BCUT2D eigenvalue weighted by Crippen LogP contribution is 2.29. The van der Waals surface area contributed by atoms with Crippen LogP contribution in [0.15, 0.2) is 24.8 Å². The molecule has 1 aliphatic rings. The molecule has 5 nitrogen and oxygen atoms in total. The first-order valence-electron chi connectivity index (χ1n) is 7.45. The van der Waals surface area contributed by atoms with Crippen LogP contribution in [0.3, 0.4) is 0 Å². The lowest BCUT2D eigenvalue weighted by atomic mass is 10.1. The highest BCUT2D eigenvalue weighted by molar-refractivity contribution is 5.11. The molecule has 0 bridgehead atoms. The Balaban J connectivity index is 1.71. The first kappa shape index (κ1) is 13.4. The molecule has 0 saturated heterocycles. The van der Waals surface area contributed by atoms with Gasteiger partial charge in [0.1, 0.15) is 0 Å². The third-order valence-electron chi connectivity index (χ3n) is 4.34. The second-order valence-corrected chi connectivity index (χ2v) is 5.70. The molecule has 1 saturated carbocycles. The second kappa shape index (κ2) is 5.79. The molecule has 1 fully saturated rings. The van der Waals surface area contributed by atoms with Crippen molar-refractivity contribution in [1.29, 1.82) is 0 Å². The number of nitrogens with zero attached hydrogens (tertiary/aromatic N) is 4. The van der Waals surface area contributed by atoms with Crippen molar-refractivity contribution < 1.29 is 0 Å². The van der Waals surface area contributed by atoms with Gasteiger partial charge in [0.15, 0.2) is 0 Å². The van der Waals surface area contributed by atoms with Crippen LogP contribution in [-0.4, -0.2) is 26.4 Å². The Bertz CT molecular complexity index is 550. The number of aromatic nitrogens is 4. The van der Waals surface area contributed by atoms with Gasteiger partial charge < -0.3 is 9.88 Å². The van der Waals surface area contributed by atoms with Gasteiger partial charge in [-0.1, -0.05) is 12.8 Å². The zero-order valence-electron chi connectivity index (χ0n) is 12.3. The highest BCUT2D eigenvalue weighted by atomic mass is 15.3. The SMILES string of the molecule is CNC(Cc1ccn(C2CCCC2)n1)c1cncn1C. The number of imidazole rings is 1. The Morgan fingerprint density at radius 2 is 2.20 bits per heavy atom. The Kier molecular flexibility index (Phi) is 3.87. The van der Waals surface area contributed by atoms with Crippen LogP contribution in [-0.2, 0) is 13.5 Å². The number of aryl methyl sites for hydroxylation is 1. The first-order chi connectivity index (χ1) is 9.78. The van der Waals surface area contributed by atoms with Gasteiger partial charge in [0.05, 0.1) is 29.8 Å². The van der Waals surface area contributed by atoms with Crippen molar-refractivity contribution in [3.05, 3.63) is 36.2 Å². The molecule has 0 aliphatic heterocycles. The topological polar surface area (TPSA) is 47.7 Å². The summed E-state index contributed by atoms with van der Waals surface area (Å²) < 4.78 is 4.23. The lowest BCUT2D eigenvalue weighted by molar-refractivity contribution is 0.457. The molecule has 20 heavy (non-hydrogen) atoms. The predicted octanol–water partition coefficient (Wildman–Crippen LogP) is 2.23. The molecule has 1 aliphatic carbocycles. The van der Waals surface area contributed by atoms with Gasteiger partial charge in [0.25, 0.3) is 0 Å². The molecule has 0 spiro atoms. The van der Waals surface area contributed by atoms with Crippen molar-refractivity contribution in [2.45, 2.75) is 44.2 Å². The molecule has 3 rings (SSSR count). The lowest BCUT2D eigenvalue weighted by Crippen LogP contribution is -2.21. The summed E-state index contributed by atoms with van der Waals surface area (Å²) in [6.45, 7) is 0. The Hall–Kier alpha value is -1.62. The van der Waals surface area contributed by atoms with E-state index in [0.717, 1.165) is 12.1 Å². The van der Waals surface area contributed by atoms with Gasteiger partial charge in [0.2, 0.25) is 0 Å². The van der Waals surface area contributed by atoms with Gasteiger partial charge in [0, 0.05) is 25.9 Å². The normalized spacial score (nSPS) is 17.7. The lowest BCUT2D eigenvalue weighted by Gasteiger charge is -2.15. The quantitative estimate of drug-likeness (QED) is 0.909. The Morgan fingerprint density at radius 3 is 2.85 bits per heavy atom. The third-order valence-corrected chi connectivity index (χ3v) is 4.34. The van der Waals surface area contributed by atoms with E-state index in [4.69, 9.17) is 5.10 Å². The predicted molar refractivity (Wildman–Crippen MR) is 78.4 cm³/mol. The first-order valence-corrected chi connectivity index (χ1v) is 7.45. The van der Waals surface area contributed by atoms with Crippen LogP contribution >= 0.6 is 0 Å². The fraction of sp³-hybridized carbons (Fsp3) is 0.600. The van der Waals surface area contributed by atoms with Crippen molar-refractivity contribution in [2.75, 3.05) is 7.05 Å². The summed E-state index contributed by atoms with van der Waals surface area (Å²) in [5.74, 6) is 0. The zero-order valence-corrected chi connectivity index (χ0v) is 12.3. The molecular formula is C15H23N5. The molecule has 2 aromatic rings. The van der Waals surface area contributed by atoms with Crippen molar-refractivity contribution in [3.63, 3.8) is 0 Å². The second-order valence-electron chi connectivity index (χ2n) is 5.70. The van der Waals surface area contributed by atoms with E-state index in [-0.39, 0.29) is 6.04 Å². The molecule has 2 aromatic heterocycles. The molecule has 0 aromatic carbocycles. The van der Waals surface area contributed by atoms with Crippen molar-refractivity contribution in [1.82, 2.24) is 24.6 Å². The molecule has 2 heterocycles. The van der Waals surface area contributed by atoms with E-state index in [2.05, 4.69) is 31.8 Å². The number of rotatable bonds is 5. The van der Waals surface area contributed by atoms with Gasteiger partial charge in [-0.2, -0.15) is 5.10 Å². The van der Waals surface area contributed by atoms with E-state index in [1.165, 1.54) is 31.4 Å². The number of likely N-dealkylation sites (N-methyl/N-ethyl adjacent to an activating group) is 1. The maximum atomic E-state index is 4.77. The van der Waals surface area contributed by atoms with Gasteiger partial charge in [-0.15, -0.1) is 0 Å². The van der Waals surface area contributed by atoms with E-state index < -0.39 is 0 Å². The maximum absolute atomic E-state index is 4.77. The maximum Gasteiger partial charge on any atom is 0.0946 e. The fourth-order valence-electron chi connectivity index (χ4n) is 3.13. The average Bonchev–Trinajstić information content (AvgIpc) is 3.17. The van der Waals surface area contributed by atoms with Crippen LogP contribution < -0.4 is 5.32 Å². The smallest absolute Gasteiger partial charge is 0.0946 e. The summed E-state index contributed by atoms with van der Waals surface area (Å²) in [7, 11) is 4.02. The summed E-state index contributed by atoms with van der Waals surface area (Å²) >= 11 is 0. The molecule has 5 heteroatoms. The zero-order chi connectivity index (χ0) is 13.9. The molecule has 0 amide bonds. The Morgan fingerprint density at radius 1 is 1.40 bits per heavy atom. The summed E-state index contributed by atoms with van der Waals surface area (Å²) in [6, 6.07) is 3.03.